The molecule has 0 saturated carbocycles. The molecule has 2 fully saturated rings. The Balaban J connectivity index is 1.51. The van der Waals surface area contributed by atoms with Crippen LogP contribution >= 0.6 is 0 Å². The topological polar surface area (TPSA) is 53.6 Å². The fourth-order valence-corrected chi connectivity index (χ4v) is 3.42. The third-order valence-electron chi connectivity index (χ3n) is 5.10. The first-order valence-electron chi connectivity index (χ1n) is 9.09. The van der Waals surface area contributed by atoms with Gasteiger partial charge >= 0.3 is 0 Å². The lowest BCUT2D eigenvalue weighted by Gasteiger charge is -2.30. The molecule has 0 bridgehead atoms. The van der Waals surface area contributed by atoms with Crippen molar-refractivity contribution in [2.45, 2.75) is 45.4 Å². The number of piperidine rings is 1. The summed E-state index contributed by atoms with van der Waals surface area (Å²) in [4.78, 5) is 14.9. The molecule has 0 aromatic heterocycles. The van der Waals surface area contributed by atoms with Crippen LogP contribution in [0.4, 0.5) is 5.69 Å². The number of hydrogen-bond acceptors (Lipinski definition) is 4. The van der Waals surface area contributed by atoms with Gasteiger partial charge in [-0.1, -0.05) is 19.1 Å². The number of likely N-dealkylation sites (tertiary alicyclic amines) is 1. The van der Waals surface area contributed by atoms with E-state index in [1.165, 1.54) is 31.5 Å². The number of benzene rings is 1. The van der Waals surface area contributed by atoms with Crippen LogP contribution in [0.2, 0.25) is 0 Å². The predicted octanol–water partition coefficient (Wildman–Crippen LogP) is 2.23. The Bertz CT molecular complexity index is 538. The molecule has 2 atom stereocenters. The van der Waals surface area contributed by atoms with E-state index in [4.69, 9.17) is 4.74 Å². The molecular weight excluding hydrogens is 302 g/mol. The Morgan fingerprint density at radius 1 is 1.25 bits per heavy atom. The normalized spacial score (nSPS) is 26.2. The molecule has 2 N–H and O–H groups in total. The Morgan fingerprint density at radius 3 is 2.62 bits per heavy atom. The zero-order valence-corrected chi connectivity index (χ0v) is 14.8. The van der Waals surface area contributed by atoms with Gasteiger partial charge in [-0.25, -0.2) is 0 Å². The van der Waals surface area contributed by atoms with Crippen LogP contribution < -0.4 is 10.6 Å². The van der Waals surface area contributed by atoms with Gasteiger partial charge in [-0.3, -0.25) is 9.69 Å². The average Bonchev–Trinajstić information content (AvgIpc) is 2.59. The maximum absolute atomic E-state index is 12.3. The summed E-state index contributed by atoms with van der Waals surface area (Å²) in [5.74, 6) is 0.832. The van der Waals surface area contributed by atoms with Crippen molar-refractivity contribution < 1.29 is 9.53 Å². The quantitative estimate of drug-likeness (QED) is 0.888. The number of hydrogen-bond donors (Lipinski definition) is 2. The average molecular weight is 331 g/mol. The minimum absolute atomic E-state index is 0.0278. The summed E-state index contributed by atoms with van der Waals surface area (Å²) in [6, 6.07) is 7.93. The largest absolute Gasteiger partial charge is 0.375 e. The number of carbonyl (C=O) groups is 1. The molecule has 1 amide bonds. The Morgan fingerprint density at radius 2 is 1.96 bits per heavy atom. The second-order valence-electron chi connectivity index (χ2n) is 7.15. The van der Waals surface area contributed by atoms with Crippen molar-refractivity contribution in [1.29, 1.82) is 0 Å². The van der Waals surface area contributed by atoms with Crippen molar-refractivity contribution in [3.63, 3.8) is 0 Å². The SMILES string of the molecule is CC1CCN(Cc2ccc(NC(=O)[C@H]3NCCO[C@@H]3C)cc2)CC1. The van der Waals surface area contributed by atoms with E-state index in [2.05, 4.69) is 34.6 Å². The van der Waals surface area contributed by atoms with Crippen LogP contribution in [0.3, 0.4) is 0 Å². The van der Waals surface area contributed by atoms with Crippen molar-refractivity contribution in [2.24, 2.45) is 5.92 Å². The molecule has 5 nitrogen and oxygen atoms in total. The van der Waals surface area contributed by atoms with E-state index in [1.54, 1.807) is 0 Å². The first-order chi connectivity index (χ1) is 11.6. The summed E-state index contributed by atoms with van der Waals surface area (Å²) in [6.07, 6.45) is 2.49. The number of anilines is 1. The standard InChI is InChI=1S/C19H29N3O2/c1-14-7-10-22(11-8-14)13-16-3-5-17(6-4-16)21-19(23)18-15(2)24-12-9-20-18/h3-6,14-15,18,20H,7-13H2,1-2H3,(H,21,23)/t15-,18+/m1/s1. The van der Waals surface area contributed by atoms with E-state index in [0.717, 1.165) is 24.7 Å². The van der Waals surface area contributed by atoms with Crippen molar-refractivity contribution in [3.05, 3.63) is 29.8 Å². The van der Waals surface area contributed by atoms with Crippen LogP contribution in [0, 0.1) is 5.92 Å². The first kappa shape index (κ1) is 17.4. The van der Waals surface area contributed by atoms with E-state index in [1.807, 2.05) is 19.1 Å². The van der Waals surface area contributed by atoms with Gasteiger partial charge in [0, 0.05) is 18.8 Å². The number of morpholine rings is 1. The second-order valence-corrected chi connectivity index (χ2v) is 7.15. The summed E-state index contributed by atoms with van der Waals surface area (Å²) in [5.41, 5.74) is 2.14. The van der Waals surface area contributed by atoms with Gasteiger partial charge in [-0.2, -0.15) is 0 Å². The highest BCUT2D eigenvalue weighted by Gasteiger charge is 2.28. The van der Waals surface area contributed by atoms with Gasteiger partial charge in [-0.15, -0.1) is 0 Å². The van der Waals surface area contributed by atoms with Gasteiger partial charge in [-0.05, 0) is 56.5 Å². The van der Waals surface area contributed by atoms with Gasteiger partial charge in [0.05, 0.1) is 12.7 Å². The monoisotopic (exact) mass is 331 g/mol. The molecule has 2 heterocycles. The molecular formula is C19H29N3O2. The molecule has 0 spiro atoms. The van der Waals surface area contributed by atoms with E-state index in [0.29, 0.717) is 6.61 Å². The van der Waals surface area contributed by atoms with Crippen LogP contribution in [-0.4, -0.2) is 49.2 Å². The molecule has 0 unspecified atom stereocenters. The van der Waals surface area contributed by atoms with Crippen LogP contribution in [0.5, 0.6) is 0 Å². The van der Waals surface area contributed by atoms with E-state index in [-0.39, 0.29) is 18.1 Å². The number of nitrogens with zero attached hydrogens (tertiary/aromatic N) is 1. The highest BCUT2D eigenvalue weighted by atomic mass is 16.5. The highest BCUT2D eigenvalue weighted by Crippen LogP contribution is 2.19. The van der Waals surface area contributed by atoms with Crippen molar-refractivity contribution >= 4 is 11.6 Å². The minimum Gasteiger partial charge on any atom is -0.375 e. The van der Waals surface area contributed by atoms with Crippen molar-refractivity contribution in [1.82, 2.24) is 10.2 Å². The lowest BCUT2D eigenvalue weighted by Crippen LogP contribution is -2.53. The molecule has 1 aromatic rings. The summed E-state index contributed by atoms with van der Waals surface area (Å²) in [6.45, 7) is 9.01. The zero-order chi connectivity index (χ0) is 16.9. The number of nitrogens with one attached hydrogen (secondary N) is 2. The fraction of sp³-hybridized carbons (Fsp3) is 0.632. The van der Waals surface area contributed by atoms with E-state index < -0.39 is 0 Å². The molecule has 2 aliphatic heterocycles. The van der Waals surface area contributed by atoms with Crippen LogP contribution in [0.15, 0.2) is 24.3 Å². The molecule has 2 aliphatic rings. The molecule has 0 aliphatic carbocycles. The molecule has 2 saturated heterocycles. The van der Waals surface area contributed by atoms with Crippen LogP contribution in [0.25, 0.3) is 0 Å². The maximum atomic E-state index is 12.3. The minimum atomic E-state index is -0.284. The van der Waals surface area contributed by atoms with E-state index >= 15 is 0 Å². The van der Waals surface area contributed by atoms with Gasteiger partial charge in [0.1, 0.15) is 6.04 Å². The lowest BCUT2D eigenvalue weighted by atomic mass is 9.99. The third-order valence-corrected chi connectivity index (χ3v) is 5.10. The van der Waals surface area contributed by atoms with Crippen LogP contribution in [0.1, 0.15) is 32.3 Å². The molecule has 5 heteroatoms. The Labute approximate surface area is 144 Å². The van der Waals surface area contributed by atoms with Gasteiger partial charge < -0.3 is 15.4 Å². The van der Waals surface area contributed by atoms with Gasteiger partial charge in [0.15, 0.2) is 0 Å². The molecule has 3 rings (SSSR count). The summed E-state index contributed by atoms with van der Waals surface area (Å²) in [5, 5.41) is 6.20. The molecule has 1 aromatic carbocycles. The number of amides is 1. The number of carbonyl (C=O) groups excluding carboxylic acids is 1. The Kier molecular flexibility index (Phi) is 5.87. The lowest BCUT2D eigenvalue weighted by molar-refractivity contribution is -0.123. The molecule has 24 heavy (non-hydrogen) atoms. The molecule has 0 radical (unpaired) electrons. The van der Waals surface area contributed by atoms with Gasteiger partial charge in [0.25, 0.3) is 0 Å². The highest BCUT2D eigenvalue weighted by molar-refractivity contribution is 5.95. The van der Waals surface area contributed by atoms with Crippen molar-refractivity contribution in [3.8, 4) is 0 Å². The summed E-state index contributed by atoms with van der Waals surface area (Å²) in [7, 11) is 0. The third kappa shape index (κ3) is 4.56. The fourth-order valence-electron chi connectivity index (χ4n) is 3.42. The second kappa shape index (κ2) is 8.10. The summed E-state index contributed by atoms with van der Waals surface area (Å²) >= 11 is 0. The predicted molar refractivity (Wildman–Crippen MR) is 96.0 cm³/mol. The number of ether oxygens (including phenoxy) is 1. The first-order valence-corrected chi connectivity index (χ1v) is 9.09. The summed E-state index contributed by atoms with van der Waals surface area (Å²) < 4.78 is 5.53. The zero-order valence-electron chi connectivity index (χ0n) is 14.8. The van der Waals surface area contributed by atoms with Crippen molar-refractivity contribution in [2.75, 3.05) is 31.6 Å². The Hall–Kier alpha value is -1.43. The van der Waals surface area contributed by atoms with Crippen LogP contribution in [-0.2, 0) is 16.1 Å². The van der Waals surface area contributed by atoms with Gasteiger partial charge in [0.2, 0.25) is 5.91 Å². The number of rotatable bonds is 4. The molecule has 132 valence electrons. The smallest absolute Gasteiger partial charge is 0.244 e. The maximum Gasteiger partial charge on any atom is 0.244 e. The van der Waals surface area contributed by atoms with E-state index in [9.17, 15) is 4.79 Å².